The molecule has 0 radical (unpaired) electrons. The van der Waals surface area contributed by atoms with E-state index in [1.54, 1.807) is 6.92 Å². The van der Waals surface area contributed by atoms with Crippen LogP contribution in [0.2, 0.25) is 5.02 Å². The molecule has 0 spiro atoms. The summed E-state index contributed by atoms with van der Waals surface area (Å²) in [5.74, 6) is -0.148. The Bertz CT molecular complexity index is 559. The topological polar surface area (TPSA) is 87.5 Å². The van der Waals surface area contributed by atoms with Gasteiger partial charge in [0.05, 0.1) is 11.5 Å². The summed E-state index contributed by atoms with van der Waals surface area (Å²) in [4.78, 5) is 24.3. The zero-order valence-electron chi connectivity index (χ0n) is 11.7. The van der Waals surface area contributed by atoms with Crippen LogP contribution in [0.25, 0.3) is 0 Å². The highest BCUT2D eigenvalue weighted by Gasteiger charge is 2.18. The fourth-order valence-corrected chi connectivity index (χ4v) is 2.44. The molecule has 0 aliphatic carbocycles. The van der Waals surface area contributed by atoms with Gasteiger partial charge < -0.3 is 10.6 Å². The van der Waals surface area contributed by atoms with E-state index < -0.39 is 4.92 Å². The molecule has 7 nitrogen and oxygen atoms in total. The Morgan fingerprint density at radius 1 is 1.48 bits per heavy atom. The molecule has 1 aromatic rings. The number of carbonyl (C=O) groups excluding carboxylic acids is 1. The fraction of sp³-hybridized carbons (Fsp3) is 0.462. The maximum atomic E-state index is 12.0. The van der Waals surface area contributed by atoms with Gasteiger partial charge in [-0.05, 0) is 18.6 Å². The first kappa shape index (κ1) is 15.7. The Kier molecular flexibility index (Phi) is 5.11. The van der Waals surface area contributed by atoms with E-state index in [-0.39, 0.29) is 16.6 Å². The number of nitro benzene ring substituents is 1. The number of nitro groups is 1. The molecule has 0 aromatic heterocycles. The van der Waals surface area contributed by atoms with Crippen molar-refractivity contribution in [2.45, 2.75) is 6.92 Å². The molecular formula is C13H17ClN4O3. The number of amides is 1. The summed E-state index contributed by atoms with van der Waals surface area (Å²) in [6.07, 6.45) is 0. The summed E-state index contributed by atoms with van der Waals surface area (Å²) in [5.41, 5.74) is 0.958. The van der Waals surface area contributed by atoms with Crippen LogP contribution < -0.4 is 10.6 Å². The number of rotatable bonds is 4. The van der Waals surface area contributed by atoms with Crippen LogP contribution in [0.4, 0.5) is 11.4 Å². The first-order valence-corrected chi connectivity index (χ1v) is 7.02. The standard InChI is InChI=1S/C13H17ClN4O3/c1-9-6-12(18(20)21)10(14)7-11(9)16-13(19)8-17-4-2-15-3-5-17/h6-7,15H,2-5,8H2,1H3,(H,16,19). The van der Waals surface area contributed by atoms with Crippen molar-refractivity contribution in [1.29, 1.82) is 0 Å². The fourth-order valence-electron chi connectivity index (χ4n) is 2.20. The van der Waals surface area contributed by atoms with Gasteiger partial charge in [0.15, 0.2) is 0 Å². The molecule has 1 heterocycles. The molecule has 8 heteroatoms. The molecule has 114 valence electrons. The van der Waals surface area contributed by atoms with Gasteiger partial charge in [-0.1, -0.05) is 11.6 Å². The molecule has 0 bridgehead atoms. The van der Waals surface area contributed by atoms with Gasteiger partial charge in [0.2, 0.25) is 5.91 Å². The molecule has 21 heavy (non-hydrogen) atoms. The van der Waals surface area contributed by atoms with Crippen LogP contribution >= 0.6 is 11.6 Å². The second-order valence-electron chi connectivity index (χ2n) is 4.95. The minimum atomic E-state index is -0.540. The van der Waals surface area contributed by atoms with E-state index in [2.05, 4.69) is 10.6 Å². The van der Waals surface area contributed by atoms with Gasteiger partial charge in [-0.25, -0.2) is 0 Å². The molecular weight excluding hydrogens is 296 g/mol. The summed E-state index contributed by atoms with van der Waals surface area (Å²) >= 11 is 5.86. The zero-order chi connectivity index (χ0) is 15.4. The summed E-state index contributed by atoms with van der Waals surface area (Å²) in [7, 11) is 0. The number of aryl methyl sites for hydroxylation is 1. The van der Waals surface area contributed by atoms with Crippen LogP contribution in [0.15, 0.2) is 12.1 Å². The molecule has 1 aromatic carbocycles. The number of nitrogens with one attached hydrogen (secondary N) is 2. The molecule has 2 rings (SSSR count). The second kappa shape index (κ2) is 6.84. The number of anilines is 1. The van der Waals surface area contributed by atoms with E-state index in [0.717, 1.165) is 26.2 Å². The smallest absolute Gasteiger partial charge is 0.288 e. The van der Waals surface area contributed by atoms with Crippen LogP contribution in [0.5, 0.6) is 0 Å². The summed E-state index contributed by atoms with van der Waals surface area (Å²) in [6.45, 7) is 5.39. The van der Waals surface area contributed by atoms with Gasteiger partial charge in [0.25, 0.3) is 5.69 Å². The van der Waals surface area contributed by atoms with E-state index in [1.165, 1.54) is 12.1 Å². The lowest BCUT2D eigenvalue weighted by atomic mass is 10.1. The SMILES string of the molecule is Cc1cc([N+](=O)[O-])c(Cl)cc1NC(=O)CN1CCNCC1. The molecule has 0 unspecified atom stereocenters. The minimum Gasteiger partial charge on any atom is -0.325 e. The van der Waals surface area contributed by atoms with Crippen molar-refractivity contribution < 1.29 is 9.72 Å². The number of hydrogen-bond acceptors (Lipinski definition) is 5. The van der Waals surface area contributed by atoms with Crippen molar-refractivity contribution in [3.05, 3.63) is 32.8 Å². The predicted molar refractivity (Wildman–Crippen MR) is 80.8 cm³/mol. The Labute approximate surface area is 127 Å². The second-order valence-corrected chi connectivity index (χ2v) is 5.36. The van der Waals surface area contributed by atoms with Crippen LogP contribution in [0, 0.1) is 17.0 Å². The van der Waals surface area contributed by atoms with Crippen molar-refractivity contribution >= 4 is 28.9 Å². The average Bonchev–Trinajstić information content (AvgIpc) is 2.43. The molecule has 1 amide bonds. The Morgan fingerprint density at radius 3 is 2.76 bits per heavy atom. The van der Waals surface area contributed by atoms with Gasteiger partial charge in [-0.3, -0.25) is 19.8 Å². The van der Waals surface area contributed by atoms with Crippen molar-refractivity contribution in [1.82, 2.24) is 10.2 Å². The quantitative estimate of drug-likeness (QED) is 0.648. The third-order valence-electron chi connectivity index (χ3n) is 3.34. The molecule has 0 saturated carbocycles. The molecule has 0 atom stereocenters. The maximum Gasteiger partial charge on any atom is 0.288 e. The third-order valence-corrected chi connectivity index (χ3v) is 3.64. The first-order chi connectivity index (χ1) is 9.97. The molecule has 1 aliphatic rings. The largest absolute Gasteiger partial charge is 0.325 e. The van der Waals surface area contributed by atoms with E-state index in [0.29, 0.717) is 17.8 Å². The van der Waals surface area contributed by atoms with Gasteiger partial charge in [0.1, 0.15) is 5.02 Å². The Balaban J connectivity index is 2.03. The van der Waals surface area contributed by atoms with Gasteiger partial charge in [-0.2, -0.15) is 0 Å². The number of carbonyl (C=O) groups is 1. The predicted octanol–water partition coefficient (Wildman–Crippen LogP) is 1.40. The highest BCUT2D eigenvalue weighted by molar-refractivity contribution is 6.33. The zero-order valence-corrected chi connectivity index (χ0v) is 12.4. The summed E-state index contributed by atoms with van der Waals surface area (Å²) < 4.78 is 0. The molecule has 2 N–H and O–H groups in total. The minimum absolute atomic E-state index is 0.0167. The number of benzene rings is 1. The highest BCUT2D eigenvalue weighted by Crippen LogP contribution is 2.30. The van der Waals surface area contributed by atoms with E-state index in [1.807, 2.05) is 4.90 Å². The van der Waals surface area contributed by atoms with E-state index in [4.69, 9.17) is 11.6 Å². The lowest BCUT2D eigenvalue weighted by Crippen LogP contribution is -2.46. The summed E-state index contributed by atoms with van der Waals surface area (Å²) in [5, 5.41) is 16.8. The van der Waals surface area contributed by atoms with Crippen molar-refractivity contribution in [2.24, 2.45) is 0 Å². The monoisotopic (exact) mass is 312 g/mol. The average molecular weight is 313 g/mol. The summed E-state index contributed by atoms with van der Waals surface area (Å²) in [6, 6.07) is 2.79. The van der Waals surface area contributed by atoms with Gasteiger partial charge in [0, 0.05) is 37.9 Å². The van der Waals surface area contributed by atoms with E-state index in [9.17, 15) is 14.9 Å². The lowest BCUT2D eigenvalue weighted by Gasteiger charge is -2.26. The van der Waals surface area contributed by atoms with Gasteiger partial charge >= 0.3 is 0 Å². The maximum absolute atomic E-state index is 12.0. The van der Waals surface area contributed by atoms with Crippen LogP contribution in [0.3, 0.4) is 0 Å². The number of nitrogens with zero attached hydrogens (tertiary/aromatic N) is 2. The first-order valence-electron chi connectivity index (χ1n) is 6.65. The third kappa shape index (κ3) is 4.13. The van der Waals surface area contributed by atoms with Crippen molar-refractivity contribution in [2.75, 3.05) is 38.0 Å². The number of hydrogen-bond donors (Lipinski definition) is 2. The Morgan fingerprint density at radius 2 is 2.14 bits per heavy atom. The lowest BCUT2D eigenvalue weighted by molar-refractivity contribution is -0.384. The van der Waals surface area contributed by atoms with Gasteiger partial charge in [-0.15, -0.1) is 0 Å². The number of halogens is 1. The molecule has 1 fully saturated rings. The van der Waals surface area contributed by atoms with Crippen molar-refractivity contribution in [3.63, 3.8) is 0 Å². The number of piperazine rings is 1. The molecule has 1 saturated heterocycles. The Hall–Kier alpha value is -1.70. The van der Waals surface area contributed by atoms with E-state index >= 15 is 0 Å². The highest BCUT2D eigenvalue weighted by atomic mass is 35.5. The van der Waals surface area contributed by atoms with Crippen LogP contribution in [0.1, 0.15) is 5.56 Å². The van der Waals surface area contributed by atoms with Crippen molar-refractivity contribution in [3.8, 4) is 0 Å². The van der Waals surface area contributed by atoms with Crippen LogP contribution in [-0.4, -0.2) is 48.5 Å². The van der Waals surface area contributed by atoms with Crippen LogP contribution in [-0.2, 0) is 4.79 Å². The molecule has 1 aliphatic heterocycles. The normalized spacial score (nSPS) is 15.7.